The molecule has 0 bridgehead atoms. The van der Waals surface area contributed by atoms with Crippen molar-refractivity contribution >= 4 is 10.8 Å². The molecular formula is C12H18N2O2S. The fourth-order valence-electron chi connectivity index (χ4n) is 2.10. The molecule has 0 aliphatic carbocycles. The van der Waals surface area contributed by atoms with Crippen LogP contribution in [-0.4, -0.2) is 27.2 Å². The van der Waals surface area contributed by atoms with E-state index in [0.29, 0.717) is 18.9 Å². The zero-order valence-electron chi connectivity index (χ0n) is 9.96. The molecule has 0 aromatic carbocycles. The predicted octanol–water partition coefficient (Wildman–Crippen LogP) is 0.966. The summed E-state index contributed by atoms with van der Waals surface area (Å²) in [5, 5.41) is 0.140. The highest BCUT2D eigenvalue weighted by molar-refractivity contribution is 7.84. The minimum Gasteiger partial charge on any atom is -0.377 e. The van der Waals surface area contributed by atoms with Crippen molar-refractivity contribution in [1.82, 2.24) is 4.98 Å². The van der Waals surface area contributed by atoms with Crippen LogP contribution in [0.15, 0.2) is 18.3 Å². The first kappa shape index (κ1) is 12.7. The highest BCUT2D eigenvalue weighted by Crippen LogP contribution is 2.21. The van der Waals surface area contributed by atoms with Crippen molar-refractivity contribution in [1.29, 1.82) is 0 Å². The summed E-state index contributed by atoms with van der Waals surface area (Å²) in [7, 11) is -0.909. The van der Waals surface area contributed by atoms with Gasteiger partial charge in [-0.2, -0.15) is 0 Å². The average molecular weight is 254 g/mol. The first-order chi connectivity index (χ1) is 8.22. The zero-order valence-corrected chi connectivity index (χ0v) is 10.8. The fraction of sp³-hybridized carbons (Fsp3) is 0.583. The summed E-state index contributed by atoms with van der Waals surface area (Å²) in [5.41, 5.74) is 7.45. The Morgan fingerprint density at radius 3 is 3.12 bits per heavy atom. The summed E-state index contributed by atoms with van der Waals surface area (Å²) < 4.78 is 17.7. The number of rotatable bonds is 4. The molecule has 2 N–H and O–H groups in total. The molecule has 1 saturated heterocycles. The molecule has 0 radical (unpaired) electrons. The van der Waals surface area contributed by atoms with Gasteiger partial charge in [0.1, 0.15) is 0 Å². The SMILES string of the molecule is CC1OCCC1S(=O)Cc1cccnc1CN. The van der Waals surface area contributed by atoms with Crippen LogP contribution in [0.1, 0.15) is 24.6 Å². The van der Waals surface area contributed by atoms with Gasteiger partial charge in [-0.3, -0.25) is 9.19 Å². The van der Waals surface area contributed by atoms with E-state index in [1.54, 1.807) is 6.20 Å². The van der Waals surface area contributed by atoms with Crippen molar-refractivity contribution in [2.24, 2.45) is 5.73 Å². The van der Waals surface area contributed by atoms with Gasteiger partial charge in [0.2, 0.25) is 0 Å². The predicted molar refractivity (Wildman–Crippen MR) is 67.8 cm³/mol. The van der Waals surface area contributed by atoms with Crippen LogP contribution < -0.4 is 5.73 Å². The third-order valence-corrected chi connectivity index (χ3v) is 5.01. The van der Waals surface area contributed by atoms with Crippen LogP contribution >= 0.6 is 0 Å². The molecule has 3 atom stereocenters. The van der Waals surface area contributed by atoms with Gasteiger partial charge in [0.15, 0.2) is 0 Å². The lowest BCUT2D eigenvalue weighted by atomic mass is 10.2. The Morgan fingerprint density at radius 1 is 1.65 bits per heavy atom. The second-order valence-electron chi connectivity index (χ2n) is 4.24. The van der Waals surface area contributed by atoms with Crippen molar-refractivity contribution in [2.75, 3.05) is 6.61 Å². The van der Waals surface area contributed by atoms with Gasteiger partial charge in [0, 0.05) is 30.1 Å². The molecule has 1 fully saturated rings. The Bertz CT molecular complexity index is 411. The molecule has 1 aliphatic rings. The average Bonchev–Trinajstić information content (AvgIpc) is 2.76. The molecule has 94 valence electrons. The summed E-state index contributed by atoms with van der Waals surface area (Å²) in [4.78, 5) is 4.21. The van der Waals surface area contributed by atoms with Crippen molar-refractivity contribution in [3.05, 3.63) is 29.6 Å². The van der Waals surface area contributed by atoms with E-state index < -0.39 is 10.8 Å². The molecule has 17 heavy (non-hydrogen) atoms. The van der Waals surface area contributed by atoms with E-state index in [0.717, 1.165) is 17.7 Å². The fourth-order valence-corrected chi connectivity index (χ4v) is 3.75. The lowest BCUT2D eigenvalue weighted by Gasteiger charge is -2.14. The van der Waals surface area contributed by atoms with Crippen LogP contribution in [0.25, 0.3) is 0 Å². The Labute approximate surface area is 104 Å². The van der Waals surface area contributed by atoms with E-state index in [9.17, 15) is 4.21 Å². The van der Waals surface area contributed by atoms with Crippen LogP contribution in [0, 0.1) is 0 Å². The second-order valence-corrected chi connectivity index (χ2v) is 5.90. The van der Waals surface area contributed by atoms with Crippen LogP contribution in [0.3, 0.4) is 0 Å². The Hall–Kier alpha value is -0.780. The Balaban J connectivity index is 2.07. The molecule has 1 aromatic heterocycles. The van der Waals surface area contributed by atoms with Gasteiger partial charge in [0.25, 0.3) is 0 Å². The molecule has 0 amide bonds. The zero-order chi connectivity index (χ0) is 12.3. The van der Waals surface area contributed by atoms with Gasteiger partial charge in [0.05, 0.1) is 22.8 Å². The summed E-state index contributed by atoms with van der Waals surface area (Å²) >= 11 is 0. The topological polar surface area (TPSA) is 65.2 Å². The Morgan fingerprint density at radius 2 is 2.47 bits per heavy atom. The summed E-state index contributed by atoms with van der Waals surface area (Å²) in [5.74, 6) is 0.527. The van der Waals surface area contributed by atoms with Gasteiger partial charge in [-0.15, -0.1) is 0 Å². The maximum atomic E-state index is 12.3. The van der Waals surface area contributed by atoms with E-state index in [4.69, 9.17) is 10.5 Å². The van der Waals surface area contributed by atoms with Crippen LogP contribution in [0.2, 0.25) is 0 Å². The van der Waals surface area contributed by atoms with Gasteiger partial charge in [-0.05, 0) is 25.0 Å². The molecule has 4 nitrogen and oxygen atoms in total. The van der Waals surface area contributed by atoms with Crippen molar-refractivity contribution in [3.63, 3.8) is 0 Å². The molecule has 0 spiro atoms. The molecular weight excluding hydrogens is 236 g/mol. The third kappa shape index (κ3) is 2.91. The number of nitrogens with zero attached hydrogens (tertiary/aromatic N) is 1. The second kappa shape index (κ2) is 5.71. The molecule has 1 aromatic rings. The number of ether oxygens (including phenoxy) is 1. The minimum absolute atomic E-state index is 0.0915. The number of hydrogen-bond donors (Lipinski definition) is 1. The van der Waals surface area contributed by atoms with Crippen molar-refractivity contribution < 1.29 is 8.95 Å². The lowest BCUT2D eigenvalue weighted by Crippen LogP contribution is -2.24. The Kier molecular flexibility index (Phi) is 4.25. The van der Waals surface area contributed by atoms with E-state index in [1.807, 2.05) is 19.1 Å². The lowest BCUT2D eigenvalue weighted by molar-refractivity contribution is 0.127. The van der Waals surface area contributed by atoms with E-state index in [1.165, 1.54) is 0 Å². The van der Waals surface area contributed by atoms with Gasteiger partial charge < -0.3 is 10.5 Å². The van der Waals surface area contributed by atoms with Gasteiger partial charge in [-0.25, -0.2) is 0 Å². The number of aromatic nitrogens is 1. The monoisotopic (exact) mass is 254 g/mol. The standard InChI is InChI=1S/C12H18N2O2S/c1-9-12(4-6-16-9)17(15)8-10-3-2-5-14-11(10)7-13/h2-3,5,9,12H,4,6-8,13H2,1H3. The highest BCUT2D eigenvalue weighted by atomic mass is 32.2. The molecule has 3 unspecified atom stereocenters. The quantitative estimate of drug-likeness (QED) is 0.869. The smallest absolute Gasteiger partial charge is 0.0691 e. The van der Waals surface area contributed by atoms with Gasteiger partial charge >= 0.3 is 0 Å². The molecule has 0 saturated carbocycles. The minimum atomic E-state index is -0.909. The normalized spacial score (nSPS) is 26.0. The van der Waals surface area contributed by atoms with Crippen LogP contribution in [0.5, 0.6) is 0 Å². The number of nitrogens with two attached hydrogens (primary N) is 1. The van der Waals surface area contributed by atoms with E-state index in [-0.39, 0.29) is 11.4 Å². The summed E-state index contributed by atoms with van der Waals surface area (Å²) in [6, 6.07) is 3.81. The first-order valence-corrected chi connectivity index (χ1v) is 7.22. The van der Waals surface area contributed by atoms with Gasteiger partial charge in [-0.1, -0.05) is 6.07 Å². The van der Waals surface area contributed by atoms with Crippen LogP contribution in [-0.2, 0) is 27.8 Å². The highest BCUT2D eigenvalue weighted by Gasteiger charge is 2.29. The molecule has 2 heterocycles. The molecule has 5 heteroatoms. The maximum absolute atomic E-state index is 12.3. The van der Waals surface area contributed by atoms with Crippen molar-refractivity contribution in [3.8, 4) is 0 Å². The summed E-state index contributed by atoms with van der Waals surface area (Å²) in [6.45, 7) is 3.10. The molecule has 2 rings (SSSR count). The van der Waals surface area contributed by atoms with E-state index in [2.05, 4.69) is 4.98 Å². The van der Waals surface area contributed by atoms with E-state index >= 15 is 0 Å². The van der Waals surface area contributed by atoms with Crippen molar-refractivity contribution in [2.45, 2.75) is 37.0 Å². The first-order valence-electron chi connectivity index (χ1n) is 5.84. The number of pyridine rings is 1. The largest absolute Gasteiger partial charge is 0.377 e. The maximum Gasteiger partial charge on any atom is 0.0691 e. The molecule has 1 aliphatic heterocycles. The van der Waals surface area contributed by atoms with Crippen LogP contribution in [0.4, 0.5) is 0 Å². The summed E-state index contributed by atoms with van der Waals surface area (Å²) in [6.07, 6.45) is 2.69. The third-order valence-electron chi connectivity index (χ3n) is 3.12. The number of hydrogen-bond acceptors (Lipinski definition) is 4.